The van der Waals surface area contributed by atoms with Crippen molar-refractivity contribution in [2.24, 2.45) is 0 Å². The average Bonchev–Trinajstić information content (AvgIpc) is 3.46. The summed E-state index contributed by atoms with van der Waals surface area (Å²) in [5.74, 6) is 1.99. The van der Waals surface area contributed by atoms with E-state index in [1.807, 2.05) is 63.2 Å². The Hall–Kier alpha value is -3.12. The first-order valence-corrected chi connectivity index (χ1v) is 18.0. The molecule has 0 aromatic heterocycles. The second kappa shape index (κ2) is 16.3. The number of amides is 1. The lowest BCUT2D eigenvalue weighted by molar-refractivity contribution is -0.0236. The molecular formula is C36H53N3O7S. The third-order valence-electron chi connectivity index (χ3n) is 8.86. The third-order valence-corrected chi connectivity index (χ3v) is 10.8. The van der Waals surface area contributed by atoms with Gasteiger partial charge in [0.1, 0.15) is 17.1 Å². The fourth-order valence-corrected chi connectivity index (χ4v) is 7.65. The van der Waals surface area contributed by atoms with Crippen LogP contribution < -0.4 is 9.47 Å². The van der Waals surface area contributed by atoms with E-state index in [0.29, 0.717) is 31.2 Å². The van der Waals surface area contributed by atoms with Crippen molar-refractivity contribution in [3.63, 3.8) is 0 Å². The van der Waals surface area contributed by atoms with Crippen LogP contribution in [0.25, 0.3) is 0 Å². The Morgan fingerprint density at radius 1 is 1.02 bits per heavy atom. The molecule has 0 unspecified atom stereocenters. The quantitative estimate of drug-likeness (QED) is 0.170. The SMILES string of the molecule is C=CCCOc1cccc(C2CCC(OC[C@H]3[C@@H](N(Cc4ccc(OC)cc4)S(=O)(=O)N(C)C)CCN3C(=O)OC(C)(C)C)CC2)c1. The largest absolute Gasteiger partial charge is 0.497 e. The summed E-state index contributed by atoms with van der Waals surface area (Å²) in [5, 5.41) is 0. The minimum Gasteiger partial charge on any atom is -0.497 e. The molecule has 2 aromatic carbocycles. The smallest absolute Gasteiger partial charge is 0.410 e. The van der Waals surface area contributed by atoms with Crippen LogP contribution in [0.15, 0.2) is 61.2 Å². The number of benzene rings is 2. The van der Waals surface area contributed by atoms with Gasteiger partial charge in [-0.15, -0.1) is 6.58 Å². The summed E-state index contributed by atoms with van der Waals surface area (Å²) in [5.41, 5.74) is 1.40. The van der Waals surface area contributed by atoms with Crippen LogP contribution in [0, 0.1) is 0 Å². The Kier molecular flexibility index (Phi) is 12.7. The number of nitrogens with zero attached hydrogens (tertiary/aromatic N) is 3. The Balaban J connectivity index is 1.50. The predicted molar refractivity (Wildman–Crippen MR) is 184 cm³/mol. The molecule has 2 aliphatic rings. The van der Waals surface area contributed by atoms with Gasteiger partial charge in [0.15, 0.2) is 0 Å². The molecule has 0 bridgehead atoms. The molecule has 1 amide bonds. The van der Waals surface area contributed by atoms with Crippen molar-refractivity contribution in [2.75, 3.05) is 41.0 Å². The van der Waals surface area contributed by atoms with Crippen molar-refractivity contribution in [1.29, 1.82) is 0 Å². The zero-order chi connectivity index (χ0) is 34.2. The standard InChI is InChI=1S/C36H53N3O7S/c1-8-9-23-44-32-12-10-11-29(24-32)28-15-19-31(20-16-28)45-26-34-33(21-22-38(34)35(40)46-36(2,3)4)39(47(41,42)37(5)6)25-27-13-17-30(43-7)18-14-27/h8,10-14,17-18,24,28,31,33-34H,1,9,15-16,19-23,25-26H2,2-7H3/t28?,31?,33-,34-/m0/s1. The van der Waals surface area contributed by atoms with Gasteiger partial charge in [-0.1, -0.05) is 30.3 Å². The van der Waals surface area contributed by atoms with Crippen LogP contribution in [-0.2, 0) is 26.2 Å². The van der Waals surface area contributed by atoms with E-state index in [9.17, 15) is 13.2 Å². The molecule has 2 aromatic rings. The first-order valence-electron chi connectivity index (χ1n) is 16.6. The van der Waals surface area contributed by atoms with Crippen molar-refractivity contribution >= 4 is 16.3 Å². The number of hydrogen-bond donors (Lipinski definition) is 0. The molecule has 2 fully saturated rings. The van der Waals surface area contributed by atoms with Crippen LogP contribution in [0.2, 0.25) is 0 Å². The maximum Gasteiger partial charge on any atom is 0.410 e. The fourth-order valence-electron chi connectivity index (χ4n) is 6.33. The van der Waals surface area contributed by atoms with Gasteiger partial charge in [-0.25, -0.2) is 4.79 Å². The third kappa shape index (κ3) is 9.95. The monoisotopic (exact) mass is 671 g/mol. The van der Waals surface area contributed by atoms with Gasteiger partial charge in [0, 0.05) is 27.2 Å². The molecule has 1 saturated carbocycles. The summed E-state index contributed by atoms with van der Waals surface area (Å²) in [6.07, 6.45) is 6.38. The second-order valence-electron chi connectivity index (χ2n) is 13.6. The van der Waals surface area contributed by atoms with E-state index in [1.54, 1.807) is 12.0 Å². The normalized spacial score (nSPS) is 22.0. The molecule has 1 aliphatic carbocycles. The maximum absolute atomic E-state index is 13.8. The van der Waals surface area contributed by atoms with Gasteiger partial charge in [0.2, 0.25) is 0 Å². The molecule has 4 rings (SSSR count). The summed E-state index contributed by atoms with van der Waals surface area (Å²) in [6.45, 7) is 10.6. The number of carbonyl (C=O) groups is 1. The number of ether oxygens (including phenoxy) is 4. The Labute approximate surface area is 281 Å². The molecule has 2 atom stereocenters. The molecule has 1 saturated heterocycles. The lowest BCUT2D eigenvalue weighted by Crippen LogP contribution is -2.54. The van der Waals surface area contributed by atoms with Crippen molar-refractivity contribution in [3.05, 3.63) is 72.3 Å². The molecule has 11 heteroatoms. The van der Waals surface area contributed by atoms with E-state index in [-0.39, 0.29) is 19.3 Å². The lowest BCUT2D eigenvalue weighted by Gasteiger charge is -2.37. The van der Waals surface area contributed by atoms with Gasteiger partial charge in [-0.05, 0) is 101 Å². The number of rotatable bonds is 14. The highest BCUT2D eigenvalue weighted by atomic mass is 32.2. The van der Waals surface area contributed by atoms with Gasteiger partial charge >= 0.3 is 6.09 Å². The summed E-state index contributed by atoms with van der Waals surface area (Å²) >= 11 is 0. The number of carbonyl (C=O) groups excluding carboxylic acids is 1. The van der Waals surface area contributed by atoms with Crippen LogP contribution in [0.1, 0.15) is 76.3 Å². The minimum absolute atomic E-state index is 0.0144. The summed E-state index contributed by atoms with van der Waals surface area (Å²) in [6, 6.07) is 14.7. The number of hydrogen-bond acceptors (Lipinski definition) is 7. The van der Waals surface area contributed by atoms with Crippen LogP contribution in [0.4, 0.5) is 4.79 Å². The Morgan fingerprint density at radius 3 is 2.34 bits per heavy atom. The molecule has 260 valence electrons. The van der Waals surface area contributed by atoms with Crippen molar-refractivity contribution in [1.82, 2.24) is 13.5 Å². The van der Waals surface area contributed by atoms with Crippen molar-refractivity contribution in [2.45, 2.75) is 95.5 Å². The molecule has 0 spiro atoms. The van der Waals surface area contributed by atoms with E-state index in [1.165, 1.54) is 28.3 Å². The average molecular weight is 672 g/mol. The minimum atomic E-state index is -3.86. The van der Waals surface area contributed by atoms with E-state index >= 15 is 0 Å². The zero-order valence-electron chi connectivity index (χ0n) is 28.9. The predicted octanol–water partition coefficient (Wildman–Crippen LogP) is 6.38. The second-order valence-corrected chi connectivity index (χ2v) is 15.7. The number of likely N-dealkylation sites (tertiary alicyclic amines) is 1. The molecule has 0 N–H and O–H groups in total. The van der Waals surface area contributed by atoms with Crippen LogP contribution in [0.5, 0.6) is 11.5 Å². The van der Waals surface area contributed by atoms with E-state index in [2.05, 4.69) is 18.7 Å². The molecular weight excluding hydrogens is 618 g/mol. The van der Waals surface area contributed by atoms with E-state index < -0.39 is 34.0 Å². The highest BCUT2D eigenvalue weighted by molar-refractivity contribution is 7.86. The molecule has 0 radical (unpaired) electrons. The molecule has 10 nitrogen and oxygen atoms in total. The van der Waals surface area contributed by atoms with Gasteiger partial charge in [-0.3, -0.25) is 0 Å². The van der Waals surface area contributed by atoms with Crippen LogP contribution >= 0.6 is 0 Å². The first kappa shape index (κ1) is 36.7. The van der Waals surface area contributed by atoms with Gasteiger partial charge in [0.05, 0.1) is 38.5 Å². The molecule has 47 heavy (non-hydrogen) atoms. The molecule has 1 heterocycles. The van der Waals surface area contributed by atoms with Crippen LogP contribution in [0.3, 0.4) is 0 Å². The number of methoxy groups -OCH3 is 1. The van der Waals surface area contributed by atoms with Crippen LogP contribution in [-0.4, -0.2) is 92.8 Å². The maximum atomic E-state index is 13.8. The van der Waals surface area contributed by atoms with Gasteiger partial charge in [-0.2, -0.15) is 17.0 Å². The van der Waals surface area contributed by atoms with Gasteiger partial charge < -0.3 is 23.8 Å². The zero-order valence-corrected chi connectivity index (χ0v) is 29.7. The highest BCUT2D eigenvalue weighted by Crippen LogP contribution is 2.36. The molecule has 1 aliphatic heterocycles. The van der Waals surface area contributed by atoms with Crippen molar-refractivity contribution < 1.29 is 32.2 Å². The topological polar surface area (TPSA) is 97.8 Å². The summed E-state index contributed by atoms with van der Waals surface area (Å²) in [4.78, 5) is 15.1. The lowest BCUT2D eigenvalue weighted by atomic mass is 9.82. The van der Waals surface area contributed by atoms with Gasteiger partial charge in [0.25, 0.3) is 10.2 Å². The summed E-state index contributed by atoms with van der Waals surface area (Å²) < 4.78 is 53.9. The van der Waals surface area contributed by atoms with E-state index in [4.69, 9.17) is 18.9 Å². The first-order chi connectivity index (χ1) is 22.3. The van der Waals surface area contributed by atoms with E-state index in [0.717, 1.165) is 43.4 Å². The fraction of sp³-hybridized carbons (Fsp3) is 0.583. The Morgan fingerprint density at radius 2 is 1.72 bits per heavy atom. The highest BCUT2D eigenvalue weighted by Gasteiger charge is 2.46. The Bertz CT molecular complexity index is 1420. The van der Waals surface area contributed by atoms with Crippen molar-refractivity contribution in [3.8, 4) is 11.5 Å². The summed E-state index contributed by atoms with van der Waals surface area (Å²) in [7, 11) is 0.799.